The number of benzene rings is 3. The Hall–Kier alpha value is -4.78. The lowest BCUT2D eigenvalue weighted by molar-refractivity contribution is -0.384. The van der Waals surface area contributed by atoms with Gasteiger partial charge in [-0.05, 0) is 35.4 Å². The lowest BCUT2D eigenvalue weighted by Crippen LogP contribution is -2.44. The van der Waals surface area contributed by atoms with E-state index >= 15 is 0 Å². The van der Waals surface area contributed by atoms with Crippen molar-refractivity contribution in [2.24, 2.45) is 15.4 Å². The SMILES string of the molecule is O=C1[C@@H]2[C@@H](N=NN2CC(=O)N2N=C(c3ccccc3)C[C@@H]2c2ccc([N+](=O)[O-])cc2)C(=O)N1c1ccc(Br)cc1. The monoisotopic (exact) mass is 601 g/mol. The molecule has 3 amide bonds. The van der Waals surface area contributed by atoms with Crippen LogP contribution in [0.15, 0.2) is 98.8 Å². The molecule has 3 aromatic carbocycles. The summed E-state index contributed by atoms with van der Waals surface area (Å²) in [5.74, 6) is -1.49. The quantitative estimate of drug-likeness (QED) is 0.237. The molecule has 6 rings (SSSR count). The van der Waals surface area contributed by atoms with E-state index in [9.17, 15) is 24.5 Å². The van der Waals surface area contributed by atoms with Crippen LogP contribution in [0.3, 0.4) is 0 Å². The first kappa shape index (κ1) is 25.5. The molecule has 0 aliphatic carbocycles. The van der Waals surface area contributed by atoms with Crippen LogP contribution in [0, 0.1) is 10.1 Å². The zero-order valence-electron chi connectivity index (χ0n) is 20.7. The number of amides is 3. The molecule has 1 saturated heterocycles. The van der Waals surface area contributed by atoms with Crippen molar-refractivity contribution in [2.75, 3.05) is 11.4 Å². The van der Waals surface area contributed by atoms with Gasteiger partial charge in [0.2, 0.25) is 0 Å². The van der Waals surface area contributed by atoms with E-state index in [4.69, 9.17) is 0 Å². The van der Waals surface area contributed by atoms with Crippen molar-refractivity contribution < 1.29 is 19.3 Å². The van der Waals surface area contributed by atoms with E-state index in [2.05, 4.69) is 31.4 Å². The number of nitro groups is 1. The molecule has 1 fully saturated rings. The maximum absolute atomic E-state index is 13.7. The van der Waals surface area contributed by atoms with Gasteiger partial charge in [-0.25, -0.2) is 9.91 Å². The molecule has 3 aliphatic rings. The second-order valence-corrected chi connectivity index (χ2v) is 10.3. The summed E-state index contributed by atoms with van der Waals surface area (Å²) in [5.41, 5.74) is 2.53. The third-order valence-electron chi connectivity index (χ3n) is 7.00. The summed E-state index contributed by atoms with van der Waals surface area (Å²) < 4.78 is 0.797. The van der Waals surface area contributed by atoms with Crippen LogP contribution in [0.4, 0.5) is 11.4 Å². The fourth-order valence-corrected chi connectivity index (χ4v) is 5.30. The first-order valence-electron chi connectivity index (χ1n) is 12.3. The van der Waals surface area contributed by atoms with Gasteiger partial charge in [-0.2, -0.15) is 10.2 Å². The predicted molar refractivity (Wildman–Crippen MR) is 146 cm³/mol. The van der Waals surface area contributed by atoms with Crippen molar-refractivity contribution in [1.82, 2.24) is 10.0 Å². The van der Waals surface area contributed by atoms with Crippen molar-refractivity contribution >= 4 is 50.7 Å². The van der Waals surface area contributed by atoms with E-state index in [1.54, 1.807) is 36.4 Å². The van der Waals surface area contributed by atoms with Crippen LogP contribution < -0.4 is 4.90 Å². The van der Waals surface area contributed by atoms with Gasteiger partial charge in [0.1, 0.15) is 6.54 Å². The first-order valence-corrected chi connectivity index (χ1v) is 13.1. The molecule has 13 heteroatoms. The first-order chi connectivity index (χ1) is 19.3. The predicted octanol–water partition coefficient (Wildman–Crippen LogP) is 4.03. The van der Waals surface area contributed by atoms with Crippen molar-refractivity contribution in [2.45, 2.75) is 24.5 Å². The maximum Gasteiger partial charge on any atom is 0.269 e. The highest BCUT2D eigenvalue weighted by atomic mass is 79.9. The molecule has 0 spiro atoms. The number of anilines is 1. The van der Waals surface area contributed by atoms with Gasteiger partial charge in [0.15, 0.2) is 12.1 Å². The molecule has 40 heavy (non-hydrogen) atoms. The summed E-state index contributed by atoms with van der Waals surface area (Å²) in [6.07, 6.45) is 0.385. The molecular formula is C27H20BrN7O5. The number of carbonyl (C=O) groups excluding carboxylic acids is 3. The van der Waals surface area contributed by atoms with Gasteiger partial charge in [0, 0.05) is 23.0 Å². The van der Waals surface area contributed by atoms with Crippen molar-refractivity contribution in [1.29, 1.82) is 0 Å². The molecule has 0 bridgehead atoms. The second kappa shape index (κ2) is 10.1. The fraction of sp³-hybridized carbons (Fsp3) is 0.185. The standard InChI is InChI=1S/C27H20BrN7O5/c28-18-8-12-19(13-9-18)33-26(37)24-25(27(33)38)32(31-29-24)15-23(36)34-22(17-6-10-20(11-7-17)35(39)40)14-21(30-34)16-4-2-1-3-5-16/h1-13,22,24-25H,14-15H2/t22-,24-,25+/m1/s1. The third kappa shape index (κ3) is 4.43. The normalized spacial score (nSPS) is 21.7. The Morgan fingerprint density at radius 2 is 1.68 bits per heavy atom. The highest BCUT2D eigenvalue weighted by Gasteiger charge is 2.55. The second-order valence-electron chi connectivity index (χ2n) is 9.40. The summed E-state index contributed by atoms with van der Waals surface area (Å²) in [6.45, 7) is -0.340. The van der Waals surface area contributed by atoms with Crippen LogP contribution in [0.1, 0.15) is 23.6 Å². The topological polar surface area (TPSA) is 141 Å². The lowest BCUT2D eigenvalue weighted by atomic mass is 9.98. The Labute approximate surface area is 235 Å². The van der Waals surface area contributed by atoms with E-state index in [1.165, 1.54) is 22.2 Å². The Balaban J connectivity index is 1.26. The van der Waals surface area contributed by atoms with Crippen LogP contribution in [0.25, 0.3) is 0 Å². The van der Waals surface area contributed by atoms with Crippen LogP contribution in [-0.2, 0) is 14.4 Å². The molecule has 0 N–H and O–H groups in total. The Bertz CT molecular complexity index is 1580. The molecule has 0 saturated carbocycles. The van der Waals surface area contributed by atoms with Crippen molar-refractivity contribution in [3.8, 4) is 0 Å². The van der Waals surface area contributed by atoms with Gasteiger partial charge in [-0.15, -0.1) is 0 Å². The van der Waals surface area contributed by atoms with Crippen LogP contribution in [-0.4, -0.2) is 57.0 Å². The molecule has 0 unspecified atom stereocenters. The molecule has 3 atom stereocenters. The summed E-state index contributed by atoms with van der Waals surface area (Å²) in [6, 6.07) is 19.5. The summed E-state index contributed by atoms with van der Waals surface area (Å²) in [7, 11) is 0. The van der Waals surface area contributed by atoms with E-state index in [0.29, 0.717) is 23.4 Å². The number of imide groups is 1. The number of hydrazone groups is 1. The van der Waals surface area contributed by atoms with Crippen LogP contribution in [0.5, 0.6) is 0 Å². The van der Waals surface area contributed by atoms with Crippen LogP contribution in [0.2, 0.25) is 0 Å². The number of halogens is 1. The van der Waals surface area contributed by atoms with E-state index in [-0.39, 0.29) is 12.2 Å². The minimum atomic E-state index is -1.05. The summed E-state index contributed by atoms with van der Waals surface area (Å²) >= 11 is 3.34. The van der Waals surface area contributed by atoms with Crippen molar-refractivity contribution in [3.63, 3.8) is 0 Å². The zero-order chi connectivity index (χ0) is 28.0. The zero-order valence-corrected chi connectivity index (χ0v) is 22.3. The van der Waals surface area contributed by atoms with Gasteiger partial charge in [0.25, 0.3) is 23.4 Å². The molecule has 0 aromatic heterocycles. The molecular weight excluding hydrogens is 582 g/mol. The van der Waals surface area contributed by atoms with Gasteiger partial charge in [-0.1, -0.05) is 63.6 Å². The molecule has 200 valence electrons. The summed E-state index contributed by atoms with van der Waals surface area (Å²) in [4.78, 5) is 51.7. The minimum Gasteiger partial charge on any atom is -0.271 e. The van der Waals surface area contributed by atoms with Gasteiger partial charge < -0.3 is 0 Å². The number of hydrogen-bond donors (Lipinski definition) is 0. The van der Waals surface area contributed by atoms with E-state index in [0.717, 1.165) is 14.9 Å². The maximum atomic E-state index is 13.7. The molecule has 12 nitrogen and oxygen atoms in total. The highest BCUT2D eigenvalue weighted by molar-refractivity contribution is 9.10. The number of hydrogen-bond acceptors (Lipinski definition) is 9. The molecule has 3 aliphatic heterocycles. The summed E-state index contributed by atoms with van der Waals surface area (Å²) in [5, 5.41) is 26.3. The lowest BCUT2D eigenvalue weighted by Gasteiger charge is -2.25. The molecule has 3 aromatic rings. The average Bonchev–Trinajstić information content (AvgIpc) is 3.65. The van der Waals surface area contributed by atoms with Gasteiger partial charge >= 0.3 is 0 Å². The Morgan fingerprint density at radius 1 is 0.975 bits per heavy atom. The Morgan fingerprint density at radius 3 is 2.35 bits per heavy atom. The van der Waals surface area contributed by atoms with Gasteiger partial charge in [-0.3, -0.25) is 29.5 Å². The van der Waals surface area contributed by atoms with E-state index < -0.39 is 40.8 Å². The van der Waals surface area contributed by atoms with Crippen LogP contribution >= 0.6 is 15.9 Å². The van der Waals surface area contributed by atoms with Crippen molar-refractivity contribution in [3.05, 3.63) is 105 Å². The number of rotatable bonds is 6. The Kier molecular flexibility index (Phi) is 6.42. The molecule has 3 heterocycles. The number of carbonyl (C=O) groups is 3. The largest absolute Gasteiger partial charge is 0.271 e. The number of fused-ring (bicyclic) bond motifs is 1. The number of non-ortho nitro benzene ring substituents is 1. The minimum absolute atomic E-state index is 0.0629. The smallest absolute Gasteiger partial charge is 0.269 e. The highest BCUT2D eigenvalue weighted by Crippen LogP contribution is 2.36. The molecule has 0 radical (unpaired) electrons. The number of nitro benzene ring substituents is 1. The van der Waals surface area contributed by atoms with E-state index in [1.807, 2.05) is 30.3 Å². The fourth-order valence-electron chi connectivity index (χ4n) is 5.03. The third-order valence-corrected chi connectivity index (χ3v) is 7.53. The average molecular weight is 602 g/mol. The van der Waals surface area contributed by atoms with Gasteiger partial charge in [0.05, 0.1) is 22.4 Å². The number of nitrogens with zero attached hydrogens (tertiary/aromatic N) is 7.